The molecule has 0 heterocycles. The molecule has 0 aromatic heterocycles. The van der Waals surface area contributed by atoms with Crippen LogP contribution in [0.1, 0.15) is 29.6 Å². The Morgan fingerprint density at radius 2 is 2.28 bits per heavy atom. The molecule has 1 aliphatic carbocycles. The second kappa shape index (κ2) is 6.34. The van der Waals surface area contributed by atoms with Gasteiger partial charge in [-0.05, 0) is 82.0 Å². The maximum Gasteiger partial charge on any atom is 0.252 e. The van der Waals surface area contributed by atoms with Crippen molar-refractivity contribution < 1.29 is 4.79 Å². The lowest BCUT2D eigenvalue weighted by Crippen LogP contribution is -2.40. The minimum atomic E-state index is -0.00857. The molecule has 3 N–H and O–H groups in total. The van der Waals surface area contributed by atoms with Gasteiger partial charge in [0.1, 0.15) is 0 Å². The van der Waals surface area contributed by atoms with E-state index in [0.717, 1.165) is 27.3 Å². The molecule has 0 radical (unpaired) electrons. The molecule has 1 saturated carbocycles. The van der Waals surface area contributed by atoms with E-state index in [2.05, 4.69) is 43.8 Å². The minimum Gasteiger partial charge on any atom is -0.349 e. The molecule has 0 saturated heterocycles. The molecule has 0 bridgehead atoms. The summed E-state index contributed by atoms with van der Waals surface area (Å²) >= 11 is 5.63. The highest BCUT2D eigenvalue weighted by atomic mass is 127. The van der Waals surface area contributed by atoms with Gasteiger partial charge >= 0.3 is 0 Å². The van der Waals surface area contributed by atoms with E-state index in [0.29, 0.717) is 18.0 Å². The lowest BCUT2D eigenvalue weighted by Gasteiger charge is -2.19. The van der Waals surface area contributed by atoms with Crippen LogP contribution >= 0.6 is 38.5 Å². The normalized spacial score (nSPS) is 23.1. The Bertz CT molecular complexity index is 453. The van der Waals surface area contributed by atoms with E-state index >= 15 is 0 Å². The van der Waals surface area contributed by atoms with E-state index in [4.69, 9.17) is 5.73 Å². The third kappa shape index (κ3) is 3.24. The van der Waals surface area contributed by atoms with Crippen LogP contribution in [-0.4, -0.2) is 18.5 Å². The summed E-state index contributed by atoms with van der Waals surface area (Å²) in [5.74, 6) is 0.418. The van der Waals surface area contributed by atoms with Crippen LogP contribution in [0.4, 0.5) is 0 Å². The number of hydrogen-bond donors (Lipinski definition) is 2. The lowest BCUT2D eigenvalue weighted by atomic mass is 10.0. The molecular formula is C13H16BrIN2O. The van der Waals surface area contributed by atoms with Crippen LogP contribution in [0, 0.1) is 9.49 Å². The molecular weight excluding hydrogens is 407 g/mol. The van der Waals surface area contributed by atoms with Crippen LogP contribution in [0.25, 0.3) is 0 Å². The molecule has 1 aromatic rings. The number of benzene rings is 1. The Balaban J connectivity index is 2.09. The summed E-state index contributed by atoms with van der Waals surface area (Å²) < 4.78 is 1.89. The average Bonchev–Trinajstić information content (AvgIpc) is 2.79. The van der Waals surface area contributed by atoms with Gasteiger partial charge in [-0.2, -0.15) is 0 Å². The summed E-state index contributed by atoms with van der Waals surface area (Å²) in [6.45, 7) is 0.651. The van der Waals surface area contributed by atoms with Crippen molar-refractivity contribution >= 4 is 44.4 Å². The smallest absolute Gasteiger partial charge is 0.252 e. The van der Waals surface area contributed by atoms with Crippen LogP contribution in [0.5, 0.6) is 0 Å². The van der Waals surface area contributed by atoms with Gasteiger partial charge in [-0.3, -0.25) is 4.79 Å². The van der Waals surface area contributed by atoms with Crippen molar-refractivity contribution in [1.29, 1.82) is 0 Å². The zero-order valence-electron chi connectivity index (χ0n) is 9.96. The lowest BCUT2D eigenvalue weighted by molar-refractivity contribution is 0.0928. The number of rotatable bonds is 3. The molecule has 5 heteroatoms. The van der Waals surface area contributed by atoms with E-state index in [1.165, 1.54) is 0 Å². The molecule has 1 aromatic carbocycles. The van der Waals surface area contributed by atoms with E-state index < -0.39 is 0 Å². The Kier molecular flexibility index (Phi) is 5.03. The number of hydrogen-bond acceptors (Lipinski definition) is 2. The van der Waals surface area contributed by atoms with Gasteiger partial charge in [-0.1, -0.05) is 6.42 Å². The first-order valence-corrected chi connectivity index (χ1v) is 7.95. The number of halogens is 2. The fraction of sp³-hybridized carbons (Fsp3) is 0.462. The Hall–Kier alpha value is -0.140. The molecule has 0 aliphatic heterocycles. The van der Waals surface area contributed by atoms with E-state index in [1.54, 1.807) is 0 Å². The highest BCUT2D eigenvalue weighted by molar-refractivity contribution is 14.1. The Morgan fingerprint density at radius 1 is 1.50 bits per heavy atom. The van der Waals surface area contributed by atoms with Gasteiger partial charge in [-0.15, -0.1) is 0 Å². The summed E-state index contributed by atoms with van der Waals surface area (Å²) in [7, 11) is 0. The molecule has 1 fully saturated rings. The van der Waals surface area contributed by atoms with Gasteiger partial charge in [0.15, 0.2) is 0 Å². The number of carbonyl (C=O) groups is 1. The van der Waals surface area contributed by atoms with Crippen LogP contribution < -0.4 is 11.1 Å². The number of amides is 1. The number of nitrogens with two attached hydrogens (primary N) is 1. The summed E-state index contributed by atoms with van der Waals surface area (Å²) in [4.78, 5) is 12.2. The second-order valence-corrected chi connectivity index (χ2v) is 6.73. The van der Waals surface area contributed by atoms with Gasteiger partial charge < -0.3 is 11.1 Å². The van der Waals surface area contributed by atoms with Crippen LogP contribution in [0.2, 0.25) is 0 Å². The Labute approximate surface area is 129 Å². The fourth-order valence-electron chi connectivity index (χ4n) is 2.43. The topological polar surface area (TPSA) is 55.1 Å². The van der Waals surface area contributed by atoms with E-state index in [9.17, 15) is 4.79 Å². The summed E-state index contributed by atoms with van der Waals surface area (Å²) in [5, 5.41) is 3.11. The van der Waals surface area contributed by atoms with Crippen molar-refractivity contribution in [3.8, 4) is 0 Å². The molecule has 2 atom stereocenters. The van der Waals surface area contributed by atoms with Gasteiger partial charge in [0, 0.05) is 14.1 Å². The molecule has 2 rings (SSSR count). The maximum atomic E-state index is 12.2. The van der Waals surface area contributed by atoms with Crippen LogP contribution in [0.3, 0.4) is 0 Å². The van der Waals surface area contributed by atoms with E-state index in [1.807, 2.05) is 18.2 Å². The first kappa shape index (κ1) is 14.3. The SMILES string of the molecule is NCC1CCCC1NC(=O)c1cc(I)ccc1Br. The van der Waals surface area contributed by atoms with Crippen LogP contribution in [0.15, 0.2) is 22.7 Å². The third-order valence-corrected chi connectivity index (χ3v) is 4.81. The monoisotopic (exact) mass is 422 g/mol. The van der Waals surface area contributed by atoms with E-state index in [-0.39, 0.29) is 11.9 Å². The second-order valence-electron chi connectivity index (χ2n) is 4.63. The summed E-state index contributed by atoms with van der Waals surface area (Å²) in [5.41, 5.74) is 6.43. The number of carbonyl (C=O) groups excluding carboxylic acids is 1. The minimum absolute atomic E-state index is 0.00857. The van der Waals surface area contributed by atoms with Gasteiger partial charge in [-0.25, -0.2) is 0 Å². The number of nitrogens with one attached hydrogen (secondary N) is 1. The fourth-order valence-corrected chi connectivity index (χ4v) is 3.34. The standard InChI is InChI=1S/C13H16BrIN2O/c14-11-5-4-9(15)6-10(11)13(18)17-12-3-1-2-8(12)7-16/h4-6,8,12H,1-3,7,16H2,(H,17,18). The molecule has 0 spiro atoms. The molecule has 3 nitrogen and oxygen atoms in total. The molecule has 1 aliphatic rings. The molecule has 98 valence electrons. The van der Waals surface area contributed by atoms with Crippen LogP contribution in [-0.2, 0) is 0 Å². The predicted octanol–water partition coefficient (Wildman–Crippen LogP) is 2.91. The van der Waals surface area contributed by atoms with Crippen molar-refractivity contribution in [2.75, 3.05) is 6.54 Å². The molecule has 18 heavy (non-hydrogen) atoms. The van der Waals surface area contributed by atoms with Crippen molar-refractivity contribution in [3.63, 3.8) is 0 Å². The maximum absolute atomic E-state index is 12.2. The quantitative estimate of drug-likeness (QED) is 0.736. The average molecular weight is 423 g/mol. The zero-order valence-corrected chi connectivity index (χ0v) is 13.7. The Morgan fingerprint density at radius 3 is 3.00 bits per heavy atom. The highest BCUT2D eigenvalue weighted by Crippen LogP contribution is 2.26. The van der Waals surface area contributed by atoms with Gasteiger partial charge in [0.2, 0.25) is 0 Å². The van der Waals surface area contributed by atoms with Crippen molar-refractivity contribution in [2.24, 2.45) is 11.7 Å². The first-order chi connectivity index (χ1) is 8.61. The summed E-state index contributed by atoms with van der Waals surface area (Å²) in [6.07, 6.45) is 3.31. The zero-order chi connectivity index (χ0) is 13.1. The third-order valence-electron chi connectivity index (χ3n) is 3.45. The first-order valence-electron chi connectivity index (χ1n) is 6.08. The summed E-state index contributed by atoms with van der Waals surface area (Å²) in [6, 6.07) is 6.00. The van der Waals surface area contributed by atoms with Crippen molar-refractivity contribution in [2.45, 2.75) is 25.3 Å². The van der Waals surface area contributed by atoms with Crippen molar-refractivity contribution in [1.82, 2.24) is 5.32 Å². The molecule has 2 unspecified atom stereocenters. The highest BCUT2D eigenvalue weighted by Gasteiger charge is 2.28. The van der Waals surface area contributed by atoms with Gasteiger partial charge in [0.05, 0.1) is 5.56 Å². The predicted molar refractivity (Wildman–Crippen MR) is 84.5 cm³/mol. The molecule has 1 amide bonds. The largest absolute Gasteiger partial charge is 0.349 e. The van der Waals surface area contributed by atoms with Gasteiger partial charge in [0.25, 0.3) is 5.91 Å². The van der Waals surface area contributed by atoms with Crippen molar-refractivity contribution in [3.05, 3.63) is 31.8 Å².